The molecule has 0 radical (unpaired) electrons. The van der Waals surface area contributed by atoms with Crippen LogP contribution in [0.1, 0.15) is 53.0 Å². The summed E-state index contributed by atoms with van der Waals surface area (Å²) in [4.78, 5) is 29.9. The highest BCUT2D eigenvalue weighted by atomic mass is 16.5. The number of hydrogen-bond acceptors (Lipinski definition) is 6. The summed E-state index contributed by atoms with van der Waals surface area (Å²) < 4.78 is 11.0. The van der Waals surface area contributed by atoms with Gasteiger partial charge in [-0.05, 0) is 43.4 Å². The van der Waals surface area contributed by atoms with Gasteiger partial charge in [-0.25, -0.2) is 9.59 Å². The van der Waals surface area contributed by atoms with Gasteiger partial charge in [-0.15, -0.1) is 0 Å². The summed E-state index contributed by atoms with van der Waals surface area (Å²) in [5.41, 5.74) is 2.99. The summed E-state index contributed by atoms with van der Waals surface area (Å²) >= 11 is 0. The molecule has 1 aliphatic rings. The second kappa shape index (κ2) is 9.53. The first-order chi connectivity index (χ1) is 13.2. The third-order valence-corrected chi connectivity index (χ3v) is 4.34. The molecule has 0 saturated heterocycles. The molecule has 1 N–H and O–H groups in total. The zero-order valence-corrected chi connectivity index (χ0v) is 17.5. The Bertz CT molecular complexity index is 733. The average molecular weight is 386 g/mol. The number of dihydropyridines is 1. The van der Waals surface area contributed by atoms with E-state index < -0.39 is 17.9 Å². The van der Waals surface area contributed by atoms with Gasteiger partial charge in [0.1, 0.15) is 0 Å². The quantitative estimate of drug-likeness (QED) is 0.720. The van der Waals surface area contributed by atoms with Crippen LogP contribution in [-0.4, -0.2) is 30.1 Å². The van der Waals surface area contributed by atoms with Gasteiger partial charge in [-0.1, -0.05) is 27.7 Å². The summed E-state index contributed by atoms with van der Waals surface area (Å²) in [6, 6.07) is 3.62. The van der Waals surface area contributed by atoms with Crippen molar-refractivity contribution >= 4 is 11.9 Å². The van der Waals surface area contributed by atoms with Crippen molar-refractivity contribution in [2.45, 2.75) is 47.5 Å². The number of carbonyl (C=O) groups is 2. The van der Waals surface area contributed by atoms with E-state index in [9.17, 15) is 9.59 Å². The summed E-state index contributed by atoms with van der Waals surface area (Å²) in [5, 5.41) is 3.16. The minimum atomic E-state index is -0.566. The standard InChI is InChI=1S/C22H30N2O4/c1-13(2)11-27-21(25)18-15(5)24-16(6)19(22(26)28-12-14(3)4)20(18)17-7-9-23-10-8-17/h7-10,13-14,20,24H,11-12H2,1-6H3. The van der Waals surface area contributed by atoms with Gasteiger partial charge in [0, 0.05) is 23.8 Å². The molecule has 1 aliphatic heterocycles. The molecule has 6 nitrogen and oxygen atoms in total. The maximum absolute atomic E-state index is 12.9. The van der Waals surface area contributed by atoms with Gasteiger partial charge in [0.2, 0.25) is 0 Å². The fourth-order valence-electron chi connectivity index (χ4n) is 3.06. The van der Waals surface area contributed by atoms with Crippen molar-refractivity contribution in [3.8, 4) is 0 Å². The molecule has 0 unspecified atom stereocenters. The van der Waals surface area contributed by atoms with E-state index in [-0.39, 0.29) is 11.8 Å². The molecule has 0 saturated carbocycles. The highest BCUT2D eigenvalue weighted by Gasteiger charge is 2.38. The average Bonchev–Trinajstić information content (AvgIpc) is 2.64. The van der Waals surface area contributed by atoms with E-state index in [2.05, 4.69) is 10.3 Å². The minimum Gasteiger partial charge on any atom is -0.462 e. The lowest BCUT2D eigenvalue weighted by Gasteiger charge is -2.30. The SMILES string of the molecule is CC1=C(C(=O)OCC(C)C)C(c2ccncc2)C(C(=O)OCC(C)C)=C(C)N1. The molecule has 2 heterocycles. The molecular formula is C22H30N2O4. The number of nitrogens with one attached hydrogen (secondary N) is 1. The Kier molecular flexibility index (Phi) is 7.38. The highest BCUT2D eigenvalue weighted by molar-refractivity contribution is 5.99. The Balaban J connectivity index is 2.47. The van der Waals surface area contributed by atoms with Crippen molar-refractivity contribution < 1.29 is 19.1 Å². The highest BCUT2D eigenvalue weighted by Crippen LogP contribution is 2.39. The van der Waals surface area contributed by atoms with Crippen LogP contribution in [-0.2, 0) is 19.1 Å². The molecule has 0 aromatic carbocycles. The van der Waals surface area contributed by atoms with Gasteiger partial charge in [0.05, 0.1) is 30.3 Å². The third kappa shape index (κ3) is 5.21. The van der Waals surface area contributed by atoms with Crippen molar-refractivity contribution in [2.75, 3.05) is 13.2 Å². The molecular weight excluding hydrogens is 356 g/mol. The molecule has 152 valence electrons. The van der Waals surface area contributed by atoms with Crippen LogP contribution >= 0.6 is 0 Å². The molecule has 1 aromatic heterocycles. The summed E-state index contributed by atoms with van der Waals surface area (Å²) in [6.07, 6.45) is 3.30. The fourth-order valence-corrected chi connectivity index (χ4v) is 3.06. The first-order valence-corrected chi connectivity index (χ1v) is 9.65. The van der Waals surface area contributed by atoms with E-state index >= 15 is 0 Å². The Hall–Kier alpha value is -2.63. The van der Waals surface area contributed by atoms with Crippen molar-refractivity contribution in [1.29, 1.82) is 0 Å². The van der Waals surface area contributed by atoms with Crippen LogP contribution in [0.3, 0.4) is 0 Å². The molecule has 0 atom stereocenters. The molecule has 2 rings (SSSR count). The number of hydrogen-bond donors (Lipinski definition) is 1. The molecule has 1 aromatic rings. The smallest absolute Gasteiger partial charge is 0.336 e. The number of esters is 2. The van der Waals surface area contributed by atoms with Crippen molar-refractivity contribution in [1.82, 2.24) is 10.3 Å². The van der Waals surface area contributed by atoms with Crippen molar-refractivity contribution in [3.63, 3.8) is 0 Å². The predicted octanol–water partition coefficient (Wildman–Crippen LogP) is 3.71. The molecule has 28 heavy (non-hydrogen) atoms. The Labute approximate surface area is 167 Å². The summed E-state index contributed by atoms with van der Waals surface area (Å²) in [7, 11) is 0. The zero-order chi connectivity index (χ0) is 20.8. The van der Waals surface area contributed by atoms with Gasteiger partial charge >= 0.3 is 11.9 Å². The second-order valence-electron chi connectivity index (χ2n) is 7.90. The van der Waals surface area contributed by atoms with E-state index in [0.717, 1.165) is 5.56 Å². The number of carbonyl (C=O) groups excluding carboxylic acids is 2. The molecule has 6 heteroatoms. The van der Waals surface area contributed by atoms with E-state index in [4.69, 9.17) is 9.47 Å². The Morgan fingerprint density at radius 3 is 1.75 bits per heavy atom. The molecule has 0 aliphatic carbocycles. The lowest BCUT2D eigenvalue weighted by molar-refractivity contribution is -0.141. The predicted molar refractivity (Wildman–Crippen MR) is 107 cm³/mol. The summed E-state index contributed by atoms with van der Waals surface area (Å²) in [5.74, 6) is -0.991. The largest absolute Gasteiger partial charge is 0.462 e. The first-order valence-electron chi connectivity index (χ1n) is 9.65. The lowest BCUT2D eigenvalue weighted by atomic mass is 9.80. The van der Waals surface area contributed by atoms with Crippen LogP contribution < -0.4 is 5.32 Å². The topological polar surface area (TPSA) is 77.5 Å². The van der Waals surface area contributed by atoms with E-state index in [0.29, 0.717) is 35.8 Å². The van der Waals surface area contributed by atoms with Gasteiger partial charge in [-0.3, -0.25) is 4.98 Å². The van der Waals surface area contributed by atoms with Gasteiger partial charge in [0.25, 0.3) is 0 Å². The minimum absolute atomic E-state index is 0.216. The maximum atomic E-state index is 12.9. The Morgan fingerprint density at radius 2 is 1.36 bits per heavy atom. The number of aromatic nitrogens is 1. The molecule has 0 bridgehead atoms. The molecule has 0 fully saturated rings. The van der Waals surface area contributed by atoms with Gasteiger partial charge in [0.15, 0.2) is 0 Å². The monoisotopic (exact) mass is 386 g/mol. The van der Waals surface area contributed by atoms with Crippen LogP contribution in [0.15, 0.2) is 47.1 Å². The number of allylic oxidation sites excluding steroid dienone is 2. The molecule has 0 amide bonds. The van der Waals surface area contributed by atoms with Crippen LogP contribution in [0.4, 0.5) is 0 Å². The van der Waals surface area contributed by atoms with Crippen molar-refractivity contribution in [3.05, 3.63) is 52.6 Å². The second-order valence-corrected chi connectivity index (χ2v) is 7.90. The number of rotatable bonds is 7. The first kappa shape index (κ1) is 21.7. The van der Waals surface area contributed by atoms with Crippen LogP contribution in [0.5, 0.6) is 0 Å². The van der Waals surface area contributed by atoms with Crippen LogP contribution in [0.2, 0.25) is 0 Å². The molecule has 0 spiro atoms. The van der Waals surface area contributed by atoms with Crippen LogP contribution in [0, 0.1) is 11.8 Å². The summed E-state index contributed by atoms with van der Waals surface area (Å²) in [6.45, 7) is 12.2. The number of pyridine rings is 1. The van der Waals surface area contributed by atoms with E-state index in [1.54, 1.807) is 12.4 Å². The maximum Gasteiger partial charge on any atom is 0.336 e. The van der Waals surface area contributed by atoms with Gasteiger partial charge in [-0.2, -0.15) is 0 Å². The fraction of sp³-hybridized carbons (Fsp3) is 0.500. The Morgan fingerprint density at radius 1 is 0.929 bits per heavy atom. The van der Waals surface area contributed by atoms with E-state index in [1.807, 2.05) is 53.7 Å². The lowest BCUT2D eigenvalue weighted by Crippen LogP contribution is -2.33. The zero-order valence-electron chi connectivity index (χ0n) is 17.5. The van der Waals surface area contributed by atoms with Crippen molar-refractivity contribution in [2.24, 2.45) is 11.8 Å². The normalized spacial score (nSPS) is 15.1. The van der Waals surface area contributed by atoms with Gasteiger partial charge < -0.3 is 14.8 Å². The third-order valence-electron chi connectivity index (χ3n) is 4.34. The van der Waals surface area contributed by atoms with Crippen LogP contribution in [0.25, 0.3) is 0 Å². The van der Waals surface area contributed by atoms with E-state index in [1.165, 1.54) is 0 Å². The number of ether oxygens (including phenoxy) is 2. The number of nitrogens with zero attached hydrogens (tertiary/aromatic N) is 1.